The molecule has 0 unspecified atom stereocenters. The van der Waals surface area contributed by atoms with Crippen LogP contribution in [0, 0.1) is 13.8 Å². The van der Waals surface area contributed by atoms with Gasteiger partial charge in [0, 0.05) is 6.07 Å². The summed E-state index contributed by atoms with van der Waals surface area (Å²) in [4.78, 5) is 12.1. The van der Waals surface area contributed by atoms with Crippen LogP contribution in [0.2, 0.25) is 0 Å². The highest BCUT2D eigenvalue weighted by atomic mass is 32.2. The molecule has 0 spiro atoms. The molecule has 8 heteroatoms. The van der Waals surface area contributed by atoms with Crippen molar-refractivity contribution in [1.29, 1.82) is 0 Å². The molecule has 1 heterocycles. The Balaban J connectivity index is 2.06. The lowest BCUT2D eigenvalue weighted by molar-refractivity contribution is -0.141. The van der Waals surface area contributed by atoms with Gasteiger partial charge in [-0.05, 0) is 56.2 Å². The number of esters is 1. The normalized spacial score (nSPS) is 13.1. The highest BCUT2D eigenvalue weighted by Crippen LogP contribution is 2.34. The first kappa shape index (κ1) is 20.0. The van der Waals surface area contributed by atoms with Crippen LogP contribution >= 0.6 is 0 Å². The van der Waals surface area contributed by atoms with Crippen molar-refractivity contribution in [2.24, 2.45) is 0 Å². The number of benzene rings is 2. The summed E-state index contributed by atoms with van der Waals surface area (Å²) in [6.07, 6.45) is 0. The number of hydrogen-bond donors (Lipinski definition) is 0. The van der Waals surface area contributed by atoms with E-state index in [2.05, 4.69) is 0 Å². The Morgan fingerprint density at radius 2 is 1.68 bits per heavy atom. The van der Waals surface area contributed by atoms with E-state index in [0.29, 0.717) is 30.4 Å². The van der Waals surface area contributed by atoms with Gasteiger partial charge in [-0.25, -0.2) is 8.42 Å². The van der Waals surface area contributed by atoms with Gasteiger partial charge in [0.25, 0.3) is 10.0 Å². The highest BCUT2D eigenvalue weighted by molar-refractivity contribution is 7.92. The fourth-order valence-corrected chi connectivity index (χ4v) is 4.45. The molecule has 7 nitrogen and oxygen atoms in total. The summed E-state index contributed by atoms with van der Waals surface area (Å²) in [5, 5.41) is 0. The van der Waals surface area contributed by atoms with Crippen molar-refractivity contribution in [1.82, 2.24) is 0 Å². The van der Waals surface area contributed by atoms with E-state index in [9.17, 15) is 13.2 Å². The molecule has 0 aromatic heterocycles. The number of rotatable bonds is 6. The number of ether oxygens (including phenoxy) is 3. The SMILES string of the molecule is CCOC(=O)CN(c1cc(C)cc(C)c1)S(=O)(=O)c1ccc2c(c1)OCCO2. The van der Waals surface area contributed by atoms with Gasteiger partial charge in [0.15, 0.2) is 11.5 Å². The molecule has 1 aliphatic heterocycles. The lowest BCUT2D eigenvalue weighted by Gasteiger charge is -2.25. The van der Waals surface area contributed by atoms with Crippen molar-refractivity contribution in [3.05, 3.63) is 47.5 Å². The summed E-state index contributed by atoms with van der Waals surface area (Å²) < 4.78 is 43.8. The van der Waals surface area contributed by atoms with Crippen molar-refractivity contribution >= 4 is 21.7 Å². The van der Waals surface area contributed by atoms with E-state index in [1.54, 1.807) is 25.1 Å². The van der Waals surface area contributed by atoms with Crippen LogP contribution < -0.4 is 13.8 Å². The quantitative estimate of drug-likeness (QED) is 0.688. The molecular formula is C20H23NO6S. The Morgan fingerprint density at radius 3 is 2.32 bits per heavy atom. The van der Waals surface area contributed by atoms with E-state index in [-0.39, 0.29) is 11.5 Å². The van der Waals surface area contributed by atoms with Crippen molar-refractivity contribution in [2.75, 3.05) is 30.7 Å². The molecule has 0 fully saturated rings. The van der Waals surface area contributed by atoms with Crippen LogP contribution in [-0.4, -0.2) is 40.8 Å². The number of fused-ring (bicyclic) bond motifs is 1. The summed E-state index contributed by atoms with van der Waals surface area (Å²) in [7, 11) is -4.04. The van der Waals surface area contributed by atoms with Crippen LogP contribution in [0.5, 0.6) is 11.5 Å². The smallest absolute Gasteiger partial charge is 0.326 e. The molecule has 0 aliphatic carbocycles. The number of carbonyl (C=O) groups excluding carboxylic acids is 1. The Bertz CT molecular complexity index is 966. The van der Waals surface area contributed by atoms with Crippen LogP contribution in [-0.2, 0) is 19.6 Å². The third-order valence-corrected chi connectivity index (χ3v) is 5.94. The van der Waals surface area contributed by atoms with E-state index in [1.165, 1.54) is 12.1 Å². The number of carbonyl (C=O) groups is 1. The second-order valence-electron chi connectivity index (χ2n) is 6.47. The van der Waals surface area contributed by atoms with E-state index < -0.39 is 22.5 Å². The molecule has 28 heavy (non-hydrogen) atoms. The summed E-state index contributed by atoms with van der Waals surface area (Å²) in [5.41, 5.74) is 2.18. The van der Waals surface area contributed by atoms with Crippen molar-refractivity contribution in [3.63, 3.8) is 0 Å². The maximum Gasteiger partial charge on any atom is 0.326 e. The van der Waals surface area contributed by atoms with Crippen LogP contribution in [0.25, 0.3) is 0 Å². The molecule has 0 saturated carbocycles. The molecule has 0 atom stereocenters. The van der Waals surface area contributed by atoms with Gasteiger partial charge in [-0.3, -0.25) is 9.10 Å². The summed E-state index contributed by atoms with van der Waals surface area (Å²) in [6, 6.07) is 9.81. The van der Waals surface area contributed by atoms with Gasteiger partial charge in [-0.2, -0.15) is 0 Å². The molecule has 2 aromatic carbocycles. The monoisotopic (exact) mass is 405 g/mol. The predicted octanol–water partition coefficient (Wildman–Crippen LogP) is 2.83. The molecule has 0 bridgehead atoms. The Labute approximate surface area is 164 Å². The average Bonchev–Trinajstić information content (AvgIpc) is 2.65. The highest BCUT2D eigenvalue weighted by Gasteiger charge is 2.29. The maximum absolute atomic E-state index is 13.4. The van der Waals surface area contributed by atoms with E-state index in [1.807, 2.05) is 19.9 Å². The predicted molar refractivity (Wildman–Crippen MR) is 105 cm³/mol. The minimum absolute atomic E-state index is 0.0141. The molecule has 2 aromatic rings. The van der Waals surface area contributed by atoms with Crippen LogP contribution in [0.3, 0.4) is 0 Å². The zero-order valence-corrected chi connectivity index (χ0v) is 16.9. The third-order valence-electron chi connectivity index (χ3n) is 4.17. The van der Waals surface area contributed by atoms with Gasteiger partial charge in [-0.1, -0.05) is 6.07 Å². The summed E-state index contributed by atoms with van der Waals surface area (Å²) in [6.45, 7) is 5.92. The maximum atomic E-state index is 13.4. The zero-order chi connectivity index (χ0) is 20.3. The topological polar surface area (TPSA) is 82.1 Å². The third kappa shape index (κ3) is 4.22. The fraction of sp³-hybridized carbons (Fsp3) is 0.350. The van der Waals surface area contributed by atoms with Crippen molar-refractivity contribution in [2.45, 2.75) is 25.7 Å². The van der Waals surface area contributed by atoms with E-state index in [0.717, 1.165) is 15.4 Å². The van der Waals surface area contributed by atoms with Gasteiger partial charge in [0.05, 0.1) is 17.2 Å². The fourth-order valence-electron chi connectivity index (χ4n) is 3.04. The number of nitrogens with zero attached hydrogens (tertiary/aromatic N) is 1. The average molecular weight is 405 g/mol. The first-order chi connectivity index (χ1) is 13.3. The Morgan fingerprint density at radius 1 is 1.04 bits per heavy atom. The van der Waals surface area contributed by atoms with Crippen LogP contribution in [0.15, 0.2) is 41.3 Å². The number of anilines is 1. The first-order valence-corrected chi connectivity index (χ1v) is 10.4. The standard InChI is InChI=1S/C20H23NO6S/c1-4-25-20(22)13-21(16-10-14(2)9-15(3)11-16)28(23,24)17-5-6-18-19(12-17)27-8-7-26-18/h5-6,9-12H,4,7-8,13H2,1-3H3. The first-order valence-electron chi connectivity index (χ1n) is 8.97. The van der Waals surface area contributed by atoms with E-state index in [4.69, 9.17) is 14.2 Å². The molecule has 1 aliphatic rings. The Kier molecular flexibility index (Phi) is 5.79. The second-order valence-corrected chi connectivity index (χ2v) is 8.33. The number of hydrogen-bond acceptors (Lipinski definition) is 6. The zero-order valence-electron chi connectivity index (χ0n) is 16.1. The number of aryl methyl sites for hydroxylation is 2. The van der Waals surface area contributed by atoms with Crippen LogP contribution in [0.4, 0.5) is 5.69 Å². The number of sulfonamides is 1. The molecule has 3 rings (SSSR count). The molecule has 0 saturated heterocycles. The minimum atomic E-state index is -4.04. The largest absolute Gasteiger partial charge is 0.486 e. The van der Waals surface area contributed by atoms with Gasteiger partial charge in [-0.15, -0.1) is 0 Å². The summed E-state index contributed by atoms with van der Waals surface area (Å²) in [5.74, 6) is 0.236. The van der Waals surface area contributed by atoms with Crippen LogP contribution in [0.1, 0.15) is 18.1 Å². The minimum Gasteiger partial charge on any atom is -0.486 e. The Hall–Kier alpha value is -2.74. The van der Waals surface area contributed by atoms with Gasteiger partial charge in [0.1, 0.15) is 19.8 Å². The second kappa shape index (κ2) is 8.10. The van der Waals surface area contributed by atoms with Crippen molar-refractivity contribution < 1.29 is 27.4 Å². The molecule has 0 N–H and O–H groups in total. The van der Waals surface area contributed by atoms with Gasteiger partial charge >= 0.3 is 5.97 Å². The molecule has 0 radical (unpaired) electrons. The van der Waals surface area contributed by atoms with Gasteiger partial charge in [0.2, 0.25) is 0 Å². The summed E-state index contributed by atoms with van der Waals surface area (Å²) >= 11 is 0. The van der Waals surface area contributed by atoms with E-state index >= 15 is 0 Å². The molecule has 150 valence electrons. The lowest BCUT2D eigenvalue weighted by atomic mass is 10.1. The lowest BCUT2D eigenvalue weighted by Crippen LogP contribution is -2.36. The molecular weight excluding hydrogens is 382 g/mol. The van der Waals surface area contributed by atoms with Gasteiger partial charge < -0.3 is 14.2 Å². The van der Waals surface area contributed by atoms with Crippen molar-refractivity contribution in [3.8, 4) is 11.5 Å². The molecule has 0 amide bonds.